The number of hydrogen-bond acceptors (Lipinski definition) is 4. The van der Waals surface area contributed by atoms with Crippen molar-refractivity contribution in [2.24, 2.45) is 0 Å². The van der Waals surface area contributed by atoms with E-state index in [1.165, 1.54) is 0 Å². The number of benzene rings is 1. The Bertz CT molecular complexity index is 530. The van der Waals surface area contributed by atoms with E-state index in [1.54, 1.807) is 6.20 Å². The summed E-state index contributed by atoms with van der Waals surface area (Å²) in [5.41, 5.74) is 0.763. The van der Waals surface area contributed by atoms with E-state index in [2.05, 4.69) is 9.97 Å². The van der Waals surface area contributed by atoms with Crippen LogP contribution in [0.15, 0.2) is 18.3 Å². The first kappa shape index (κ1) is 8.73. The lowest BCUT2D eigenvalue weighted by Crippen LogP contribution is -2.15. The van der Waals surface area contributed by atoms with Crippen LogP contribution < -0.4 is 9.47 Å². The van der Waals surface area contributed by atoms with Crippen molar-refractivity contribution >= 4 is 22.5 Å². The van der Waals surface area contributed by atoms with Gasteiger partial charge in [-0.15, -0.1) is 0 Å². The molecule has 0 unspecified atom stereocenters. The lowest BCUT2D eigenvalue weighted by molar-refractivity contribution is 0.172. The molecule has 76 valence electrons. The minimum atomic E-state index is 0.235. The van der Waals surface area contributed by atoms with E-state index in [-0.39, 0.29) is 5.28 Å². The van der Waals surface area contributed by atoms with Gasteiger partial charge < -0.3 is 9.47 Å². The van der Waals surface area contributed by atoms with Gasteiger partial charge in [0.25, 0.3) is 0 Å². The normalized spacial score (nSPS) is 14.2. The molecule has 0 atom stereocenters. The fourth-order valence-corrected chi connectivity index (χ4v) is 1.68. The van der Waals surface area contributed by atoms with Crippen molar-refractivity contribution in [1.29, 1.82) is 0 Å². The molecule has 0 saturated carbocycles. The van der Waals surface area contributed by atoms with Crippen LogP contribution in [0.5, 0.6) is 11.5 Å². The fraction of sp³-hybridized carbons (Fsp3) is 0.200. The number of halogens is 1. The second-order valence-electron chi connectivity index (χ2n) is 3.19. The summed E-state index contributed by atoms with van der Waals surface area (Å²) < 4.78 is 10.9. The van der Waals surface area contributed by atoms with Gasteiger partial charge in [0.1, 0.15) is 13.2 Å². The van der Waals surface area contributed by atoms with Gasteiger partial charge in [-0.05, 0) is 17.7 Å². The first-order valence-corrected chi connectivity index (χ1v) is 4.92. The lowest BCUT2D eigenvalue weighted by Gasteiger charge is -2.18. The van der Waals surface area contributed by atoms with Gasteiger partial charge in [-0.25, -0.2) is 9.97 Å². The standard InChI is InChI=1S/C10H7ClN2O2/c11-10-12-5-6-3-8-9(4-7(6)13-10)15-2-1-14-8/h3-5H,1-2H2. The van der Waals surface area contributed by atoms with Gasteiger partial charge in [0.15, 0.2) is 11.5 Å². The molecule has 0 N–H and O–H groups in total. The molecule has 1 aliphatic heterocycles. The summed E-state index contributed by atoms with van der Waals surface area (Å²) in [6.07, 6.45) is 1.67. The van der Waals surface area contributed by atoms with Crippen molar-refractivity contribution in [2.75, 3.05) is 13.2 Å². The highest BCUT2D eigenvalue weighted by Crippen LogP contribution is 2.33. The average molecular weight is 223 g/mol. The van der Waals surface area contributed by atoms with Crippen molar-refractivity contribution in [3.63, 3.8) is 0 Å². The van der Waals surface area contributed by atoms with Crippen LogP contribution in [0.25, 0.3) is 10.9 Å². The second-order valence-corrected chi connectivity index (χ2v) is 3.53. The third-order valence-electron chi connectivity index (χ3n) is 2.21. The summed E-state index contributed by atoms with van der Waals surface area (Å²) in [4.78, 5) is 8.02. The highest BCUT2D eigenvalue weighted by atomic mass is 35.5. The summed E-state index contributed by atoms with van der Waals surface area (Å²) in [7, 11) is 0. The van der Waals surface area contributed by atoms with Gasteiger partial charge in [0, 0.05) is 17.6 Å². The summed E-state index contributed by atoms with van der Waals surface area (Å²) in [5.74, 6) is 1.45. The molecule has 2 aromatic rings. The molecule has 4 nitrogen and oxygen atoms in total. The molecule has 0 spiro atoms. The molecule has 0 radical (unpaired) electrons. The Morgan fingerprint density at radius 2 is 1.87 bits per heavy atom. The van der Waals surface area contributed by atoms with E-state index in [0.29, 0.717) is 19.0 Å². The second kappa shape index (κ2) is 3.24. The van der Waals surface area contributed by atoms with Crippen molar-refractivity contribution in [2.45, 2.75) is 0 Å². The highest BCUT2D eigenvalue weighted by molar-refractivity contribution is 6.28. The minimum absolute atomic E-state index is 0.235. The zero-order chi connectivity index (χ0) is 10.3. The van der Waals surface area contributed by atoms with Gasteiger partial charge in [-0.3, -0.25) is 0 Å². The molecule has 1 aromatic heterocycles. The third-order valence-corrected chi connectivity index (χ3v) is 2.40. The molecule has 2 heterocycles. The van der Waals surface area contributed by atoms with Crippen LogP contribution in [0, 0.1) is 0 Å². The quantitative estimate of drug-likeness (QED) is 0.640. The molecular weight excluding hydrogens is 216 g/mol. The summed E-state index contributed by atoms with van der Waals surface area (Å²) >= 11 is 5.71. The molecule has 1 aliphatic rings. The van der Waals surface area contributed by atoms with Crippen molar-refractivity contribution in [1.82, 2.24) is 9.97 Å². The highest BCUT2D eigenvalue weighted by Gasteiger charge is 2.13. The number of rotatable bonds is 0. The molecule has 0 saturated heterocycles. The zero-order valence-corrected chi connectivity index (χ0v) is 8.49. The number of nitrogens with zero attached hydrogens (tertiary/aromatic N) is 2. The summed E-state index contributed by atoms with van der Waals surface area (Å²) in [6, 6.07) is 3.68. The summed E-state index contributed by atoms with van der Waals surface area (Å²) in [6.45, 7) is 1.14. The van der Waals surface area contributed by atoms with Gasteiger partial charge >= 0.3 is 0 Å². The number of aromatic nitrogens is 2. The van der Waals surface area contributed by atoms with Crippen LogP contribution in [0.1, 0.15) is 0 Å². The maximum absolute atomic E-state index is 5.71. The maximum atomic E-state index is 5.71. The SMILES string of the molecule is Clc1ncc2cc3c(cc2n1)OCCO3. The number of hydrogen-bond donors (Lipinski definition) is 0. The van der Waals surface area contributed by atoms with Crippen molar-refractivity contribution < 1.29 is 9.47 Å². The Hall–Kier alpha value is -1.55. The first-order chi connectivity index (χ1) is 7.33. The van der Waals surface area contributed by atoms with Crippen molar-refractivity contribution in [3.05, 3.63) is 23.6 Å². The smallest absolute Gasteiger partial charge is 0.222 e. The Morgan fingerprint density at radius 1 is 1.13 bits per heavy atom. The number of fused-ring (bicyclic) bond motifs is 2. The van der Waals surface area contributed by atoms with Crippen LogP contribution in [0.3, 0.4) is 0 Å². The monoisotopic (exact) mass is 222 g/mol. The Morgan fingerprint density at radius 3 is 2.67 bits per heavy atom. The van der Waals surface area contributed by atoms with Crippen LogP contribution in [0.2, 0.25) is 5.28 Å². The van der Waals surface area contributed by atoms with Crippen LogP contribution >= 0.6 is 11.6 Å². The molecule has 0 aliphatic carbocycles. The maximum Gasteiger partial charge on any atom is 0.222 e. The van der Waals surface area contributed by atoms with Crippen LogP contribution in [-0.4, -0.2) is 23.2 Å². The zero-order valence-electron chi connectivity index (χ0n) is 7.74. The van der Waals surface area contributed by atoms with Crippen molar-refractivity contribution in [3.8, 4) is 11.5 Å². The molecule has 0 bridgehead atoms. The minimum Gasteiger partial charge on any atom is -0.486 e. The van der Waals surface area contributed by atoms with Gasteiger partial charge in [-0.1, -0.05) is 0 Å². The van der Waals surface area contributed by atoms with E-state index >= 15 is 0 Å². The lowest BCUT2D eigenvalue weighted by atomic mass is 10.2. The molecular formula is C10H7ClN2O2. The van der Waals surface area contributed by atoms with E-state index < -0.39 is 0 Å². The molecule has 1 aromatic carbocycles. The van der Waals surface area contributed by atoms with Gasteiger partial charge in [-0.2, -0.15) is 0 Å². The molecule has 5 heteroatoms. The molecule has 3 rings (SSSR count). The predicted molar refractivity (Wildman–Crippen MR) is 55.5 cm³/mol. The van der Waals surface area contributed by atoms with Gasteiger partial charge in [0.05, 0.1) is 5.52 Å². The predicted octanol–water partition coefficient (Wildman–Crippen LogP) is 2.05. The van der Waals surface area contributed by atoms with Gasteiger partial charge in [0.2, 0.25) is 5.28 Å². The average Bonchev–Trinajstić information content (AvgIpc) is 2.26. The first-order valence-electron chi connectivity index (χ1n) is 4.55. The largest absolute Gasteiger partial charge is 0.486 e. The van der Waals surface area contributed by atoms with Crippen LogP contribution in [0.4, 0.5) is 0 Å². The van der Waals surface area contributed by atoms with E-state index in [0.717, 1.165) is 16.7 Å². The Labute approximate surface area is 90.8 Å². The third kappa shape index (κ3) is 1.47. The van der Waals surface area contributed by atoms with E-state index in [9.17, 15) is 0 Å². The Balaban J connectivity index is 2.26. The summed E-state index contributed by atoms with van der Waals surface area (Å²) in [5, 5.41) is 1.13. The van der Waals surface area contributed by atoms with E-state index in [4.69, 9.17) is 21.1 Å². The topological polar surface area (TPSA) is 44.2 Å². The fourth-order valence-electron chi connectivity index (χ4n) is 1.55. The van der Waals surface area contributed by atoms with Crippen LogP contribution in [-0.2, 0) is 0 Å². The number of ether oxygens (including phenoxy) is 2. The molecule has 0 amide bonds. The molecule has 15 heavy (non-hydrogen) atoms. The van der Waals surface area contributed by atoms with E-state index in [1.807, 2.05) is 12.1 Å². The molecule has 0 fully saturated rings. The Kier molecular flexibility index (Phi) is 1.89.